The van der Waals surface area contributed by atoms with Crippen LogP contribution in [0.1, 0.15) is 10.6 Å². The van der Waals surface area contributed by atoms with Crippen LogP contribution in [0.15, 0.2) is 41.8 Å². The second-order valence-corrected chi connectivity index (χ2v) is 7.15. The van der Waals surface area contributed by atoms with E-state index in [1.807, 2.05) is 17.5 Å². The van der Waals surface area contributed by atoms with Gasteiger partial charge in [-0.1, -0.05) is 29.3 Å². The second-order valence-electron chi connectivity index (χ2n) is 5.45. The van der Waals surface area contributed by atoms with Gasteiger partial charge in [0.15, 0.2) is 11.5 Å². The summed E-state index contributed by atoms with van der Waals surface area (Å²) in [6, 6.07) is 12.9. The van der Waals surface area contributed by atoms with E-state index in [1.54, 1.807) is 44.6 Å². The van der Waals surface area contributed by atoms with Gasteiger partial charge in [-0.2, -0.15) is 5.26 Å². The van der Waals surface area contributed by atoms with E-state index in [4.69, 9.17) is 32.7 Å². The van der Waals surface area contributed by atoms with E-state index in [-0.39, 0.29) is 0 Å². The number of hydrogen-bond acceptors (Lipinski definition) is 5. The van der Waals surface area contributed by atoms with Crippen LogP contribution in [0.5, 0.6) is 11.5 Å². The van der Waals surface area contributed by atoms with Crippen molar-refractivity contribution >= 4 is 46.2 Å². The molecule has 0 aliphatic rings. The maximum absolute atomic E-state index is 9.59. The molecule has 3 aromatic rings. The Bertz CT molecular complexity index is 1050. The van der Waals surface area contributed by atoms with Gasteiger partial charge in [0.05, 0.1) is 30.5 Å². The van der Waals surface area contributed by atoms with Crippen molar-refractivity contribution in [1.82, 2.24) is 4.98 Å². The van der Waals surface area contributed by atoms with Crippen LogP contribution in [0.2, 0.25) is 10.0 Å². The zero-order chi connectivity index (χ0) is 19.4. The zero-order valence-electron chi connectivity index (χ0n) is 14.5. The number of nitrogens with zero attached hydrogens (tertiary/aromatic N) is 2. The lowest BCUT2D eigenvalue weighted by Gasteiger charge is -2.07. The number of hydrogen-bond donors (Lipinski definition) is 0. The summed E-state index contributed by atoms with van der Waals surface area (Å²) in [5.74, 6) is 1.22. The standard InChI is InChI=1S/C20H14Cl2N2O2S/c1-25-18-6-3-12(8-19(18)26-2)7-13(10-23)20-24-17(11-27-20)15-5-4-14(21)9-16(15)22/h3-9,11H,1-2H3. The van der Waals surface area contributed by atoms with Crippen molar-refractivity contribution in [3.05, 3.63) is 62.4 Å². The van der Waals surface area contributed by atoms with Crippen molar-refractivity contribution in [3.63, 3.8) is 0 Å². The first-order valence-corrected chi connectivity index (χ1v) is 9.44. The lowest BCUT2D eigenvalue weighted by atomic mass is 10.1. The topological polar surface area (TPSA) is 55.1 Å². The summed E-state index contributed by atoms with van der Waals surface area (Å²) >= 11 is 13.6. The number of nitriles is 1. The molecule has 0 bridgehead atoms. The maximum Gasteiger partial charge on any atom is 0.161 e. The molecule has 0 aliphatic carbocycles. The highest BCUT2D eigenvalue weighted by Gasteiger charge is 2.12. The molecule has 0 saturated heterocycles. The third-order valence-corrected chi connectivity index (χ3v) is 5.20. The lowest BCUT2D eigenvalue weighted by molar-refractivity contribution is 0.355. The van der Waals surface area contributed by atoms with Crippen LogP contribution >= 0.6 is 34.5 Å². The Balaban J connectivity index is 1.96. The van der Waals surface area contributed by atoms with E-state index in [9.17, 15) is 5.26 Å². The molecule has 0 aliphatic heterocycles. The second kappa shape index (κ2) is 8.45. The smallest absolute Gasteiger partial charge is 0.161 e. The van der Waals surface area contributed by atoms with Gasteiger partial charge < -0.3 is 9.47 Å². The van der Waals surface area contributed by atoms with Gasteiger partial charge in [-0.15, -0.1) is 11.3 Å². The first-order chi connectivity index (χ1) is 13.0. The molecule has 4 nitrogen and oxygen atoms in total. The lowest BCUT2D eigenvalue weighted by Crippen LogP contribution is -1.91. The minimum atomic E-state index is 0.448. The molecule has 0 spiro atoms. The molecule has 136 valence electrons. The fourth-order valence-electron chi connectivity index (χ4n) is 2.47. The summed E-state index contributed by atoms with van der Waals surface area (Å²) < 4.78 is 10.5. The van der Waals surface area contributed by atoms with Crippen molar-refractivity contribution in [2.75, 3.05) is 14.2 Å². The number of benzene rings is 2. The summed E-state index contributed by atoms with van der Waals surface area (Å²) in [6.07, 6.45) is 1.76. The molecule has 0 N–H and O–H groups in total. The molecule has 0 saturated carbocycles. The largest absolute Gasteiger partial charge is 0.493 e. The highest BCUT2D eigenvalue weighted by molar-refractivity contribution is 7.11. The molecule has 0 amide bonds. The van der Waals surface area contributed by atoms with Gasteiger partial charge in [0.2, 0.25) is 0 Å². The Morgan fingerprint density at radius 1 is 1.11 bits per heavy atom. The molecule has 27 heavy (non-hydrogen) atoms. The SMILES string of the molecule is COc1ccc(C=C(C#N)c2nc(-c3ccc(Cl)cc3Cl)cs2)cc1OC. The van der Waals surface area contributed by atoms with Gasteiger partial charge >= 0.3 is 0 Å². The summed E-state index contributed by atoms with van der Waals surface area (Å²) in [4.78, 5) is 4.56. The van der Waals surface area contributed by atoms with Crippen LogP contribution in [-0.4, -0.2) is 19.2 Å². The predicted octanol–water partition coefficient (Wildman–Crippen LogP) is 6.20. The first kappa shape index (κ1) is 19.2. The highest BCUT2D eigenvalue weighted by atomic mass is 35.5. The van der Waals surface area contributed by atoms with Gasteiger partial charge in [0.25, 0.3) is 0 Å². The Morgan fingerprint density at radius 3 is 2.56 bits per heavy atom. The highest BCUT2D eigenvalue weighted by Crippen LogP contribution is 2.34. The Hall–Kier alpha value is -2.52. The van der Waals surface area contributed by atoms with Crippen molar-refractivity contribution in [1.29, 1.82) is 5.26 Å². The number of rotatable bonds is 5. The van der Waals surface area contributed by atoms with Crippen molar-refractivity contribution in [2.45, 2.75) is 0 Å². The summed E-state index contributed by atoms with van der Waals surface area (Å²) in [5.41, 5.74) is 2.73. The third-order valence-electron chi connectivity index (χ3n) is 3.78. The van der Waals surface area contributed by atoms with Crippen LogP contribution in [0.4, 0.5) is 0 Å². The van der Waals surface area contributed by atoms with E-state index in [1.165, 1.54) is 11.3 Å². The minimum Gasteiger partial charge on any atom is -0.493 e. The molecule has 7 heteroatoms. The van der Waals surface area contributed by atoms with Crippen molar-refractivity contribution < 1.29 is 9.47 Å². The molecular formula is C20H14Cl2N2O2S. The predicted molar refractivity (Wildman–Crippen MR) is 111 cm³/mol. The molecule has 0 fully saturated rings. The van der Waals surface area contributed by atoms with Crippen molar-refractivity contribution in [2.24, 2.45) is 0 Å². The van der Waals surface area contributed by atoms with Crippen LogP contribution < -0.4 is 9.47 Å². The van der Waals surface area contributed by atoms with Crippen LogP contribution in [-0.2, 0) is 0 Å². The number of thiazole rings is 1. The molecule has 2 aromatic carbocycles. The molecule has 0 radical (unpaired) electrons. The van der Waals surface area contributed by atoms with Gasteiger partial charge in [0, 0.05) is 16.0 Å². The van der Waals surface area contributed by atoms with E-state index < -0.39 is 0 Å². The zero-order valence-corrected chi connectivity index (χ0v) is 16.8. The number of ether oxygens (including phenoxy) is 2. The van der Waals surface area contributed by atoms with Gasteiger partial charge in [0.1, 0.15) is 11.1 Å². The fraction of sp³-hybridized carbons (Fsp3) is 0.100. The Kier molecular flexibility index (Phi) is 6.02. The average molecular weight is 417 g/mol. The monoisotopic (exact) mass is 416 g/mol. The van der Waals surface area contributed by atoms with E-state index in [0.29, 0.717) is 37.8 Å². The molecule has 1 aromatic heterocycles. The van der Waals surface area contributed by atoms with E-state index in [0.717, 1.165) is 11.1 Å². The number of methoxy groups -OCH3 is 2. The van der Waals surface area contributed by atoms with Gasteiger partial charge in [-0.05, 0) is 42.0 Å². The Morgan fingerprint density at radius 2 is 1.89 bits per heavy atom. The molecule has 3 rings (SSSR count). The van der Waals surface area contributed by atoms with E-state index in [2.05, 4.69) is 11.1 Å². The number of halogens is 2. The first-order valence-electron chi connectivity index (χ1n) is 7.81. The number of aromatic nitrogens is 1. The summed E-state index contributed by atoms with van der Waals surface area (Å²) in [7, 11) is 3.15. The molecular weight excluding hydrogens is 403 g/mol. The van der Waals surface area contributed by atoms with Crippen LogP contribution in [0, 0.1) is 11.3 Å². The normalized spacial score (nSPS) is 11.1. The number of allylic oxidation sites excluding steroid dienone is 1. The van der Waals surface area contributed by atoms with Gasteiger partial charge in [-0.3, -0.25) is 0 Å². The maximum atomic E-state index is 9.59. The van der Waals surface area contributed by atoms with Crippen LogP contribution in [0.3, 0.4) is 0 Å². The molecule has 0 unspecified atom stereocenters. The average Bonchev–Trinajstić information content (AvgIpc) is 3.15. The minimum absolute atomic E-state index is 0.448. The fourth-order valence-corrected chi connectivity index (χ4v) is 3.76. The summed E-state index contributed by atoms with van der Waals surface area (Å²) in [5, 5.41) is 13.1. The Labute approximate surface area is 171 Å². The molecule has 0 atom stereocenters. The summed E-state index contributed by atoms with van der Waals surface area (Å²) in [6.45, 7) is 0. The van der Waals surface area contributed by atoms with Gasteiger partial charge in [-0.25, -0.2) is 4.98 Å². The third kappa shape index (κ3) is 4.25. The quantitative estimate of drug-likeness (QED) is 0.464. The van der Waals surface area contributed by atoms with Crippen LogP contribution in [0.25, 0.3) is 22.9 Å². The molecule has 1 heterocycles. The van der Waals surface area contributed by atoms with Crippen molar-refractivity contribution in [3.8, 4) is 28.8 Å². The van der Waals surface area contributed by atoms with E-state index >= 15 is 0 Å².